The van der Waals surface area contributed by atoms with Gasteiger partial charge >= 0.3 is 0 Å². The van der Waals surface area contributed by atoms with E-state index in [0.717, 1.165) is 10.0 Å². The lowest BCUT2D eigenvalue weighted by atomic mass is 10.0. The van der Waals surface area contributed by atoms with Crippen molar-refractivity contribution in [3.8, 4) is 16.9 Å². The van der Waals surface area contributed by atoms with Gasteiger partial charge in [-0.25, -0.2) is 13.4 Å². The molecule has 146 valence electrons. The number of nitrogen functional groups attached to an aromatic ring is 1. The van der Waals surface area contributed by atoms with Gasteiger partial charge in [0.25, 0.3) is 0 Å². The van der Waals surface area contributed by atoms with Gasteiger partial charge in [0, 0.05) is 15.4 Å². The van der Waals surface area contributed by atoms with Gasteiger partial charge in [-0.2, -0.15) is 0 Å². The molecule has 2 N–H and O–H groups in total. The Balaban J connectivity index is 2.13. The van der Waals surface area contributed by atoms with Crippen molar-refractivity contribution >= 4 is 42.5 Å². The number of nitrogens with two attached hydrogens (primary N) is 1. The van der Waals surface area contributed by atoms with Gasteiger partial charge in [-0.3, -0.25) is 0 Å². The van der Waals surface area contributed by atoms with Crippen LogP contribution in [-0.4, -0.2) is 20.5 Å². The Hall–Kier alpha value is -2.90. The van der Waals surface area contributed by atoms with Crippen molar-refractivity contribution in [2.75, 3.05) is 12.8 Å². The molecule has 0 atom stereocenters. The van der Waals surface area contributed by atoms with E-state index in [1.54, 1.807) is 49.6 Å². The van der Waals surface area contributed by atoms with E-state index in [9.17, 15) is 8.42 Å². The lowest BCUT2D eigenvalue weighted by molar-refractivity contribution is 0.415. The van der Waals surface area contributed by atoms with Crippen LogP contribution in [-0.2, 0) is 9.84 Å². The van der Waals surface area contributed by atoms with Crippen LogP contribution < -0.4 is 10.5 Å². The van der Waals surface area contributed by atoms with E-state index >= 15 is 0 Å². The highest BCUT2D eigenvalue weighted by molar-refractivity contribution is 9.10. The van der Waals surface area contributed by atoms with Gasteiger partial charge in [0.15, 0.2) is 0 Å². The average molecular weight is 469 g/mol. The second-order valence-electron chi connectivity index (χ2n) is 6.41. The second-order valence-corrected chi connectivity index (χ2v) is 9.21. The third-order valence-corrected chi connectivity index (χ3v) is 7.00. The number of methoxy groups -OCH3 is 1. The molecule has 7 heteroatoms. The average Bonchev–Trinajstić information content (AvgIpc) is 2.73. The summed E-state index contributed by atoms with van der Waals surface area (Å²) in [6, 6.07) is 21.1. The molecular formula is C22H17BrN2O3S. The summed E-state index contributed by atoms with van der Waals surface area (Å²) in [4.78, 5) is 4.52. The van der Waals surface area contributed by atoms with Crippen LogP contribution in [0.3, 0.4) is 0 Å². The van der Waals surface area contributed by atoms with Gasteiger partial charge in [0.1, 0.15) is 16.5 Å². The Morgan fingerprint density at radius 3 is 2.31 bits per heavy atom. The van der Waals surface area contributed by atoms with Crippen LogP contribution in [0.25, 0.3) is 22.0 Å². The van der Waals surface area contributed by atoms with Gasteiger partial charge in [-0.15, -0.1) is 0 Å². The molecule has 0 amide bonds. The number of anilines is 1. The Bertz CT molecular complexity index is 1310. The lowest BCUT2D eigenvalue weighted by Gasteiger charge is -2.16. The van der Waals surface area contributed by atoms with Gasteiger partial charge in [0.2, 0.25) is 9.84 Å². The maximum absolute atomic E-state index is 13.6. The van der Waals surface area contributed by atoms with E-state index in [0.29, 0.717) is 22.2 Å². The fraction of sp³-hybridized carbons (Fsp3) is 0.0455. The first-order valence-electron chi connectivity index (χ1n) is 8.75. The molecule has 4 rings (SSSR count). The molecule has 29 heavy (non-hydrogen) atoms. The number of aromatic nitrogens is 1. The highest BCUT2D eigenvalue weighted by atomic mass is 79.9. The van der Waals surface area contributed by atoms with Crippen molar-refractivity contribution < 1.29 is 13.2 Å². The maximum Gasteiger partial charge on any atom is 0.210 e. The molecule has 0 aliphatic carbocycles. The minimum absolute atomic E-state index is 0.00762. The number of sulfone groups is 1. The highest BCUT2D eigenvalue weighted by Crippen LogP contribution is 2.40. The molecule has 0 saturated heterocycles. The zero-order chi connectivity index (χ0) is 20.6. The van der Waals surface area contributed by atoms with Crippen molar-refractivity contribution in [1.82, 2.24) is 4.98 Å². The molecule has 0 aliphatic rings. The first-order valence-corrected chi connectivity index (χ1v) is 11.0. The van der Waals surface area contributed by atoms with Gasteiger partial charge in [0.05, 0.1) is 17.5 Å². The molecule has 0 fully saturated rings. The zero-order valence-corrected chi connectivity index (χ0v) is 17.9. The number of hydrogen-bond donors (Lipinski definition) is 1. The van der Waals surface area contributed by atoms with Crippen molar-refractivity contribution in [2.45, 2.75) is 9.79 Å². The fourth-order valence-corrected chi connectivity index (χ4v) is 5.08. The third-order valence-electron chi connectivity index (χ3n) is 4.63. The van der Waals surface area contributed by atoms with Crippen molar-refractivity contribution in [3.63, 3.8) is 0 Å². The van der Waals surface area contributed by atoms with Crippen LogP contribution in [0.5, 0.6) is 5.75 Å². The lowest BCUT2D eigenvalue weighted by Crippen LogP contribution is -2.10. The molecule has 0 radical (unpaired) electrons. The predicted molar refractivity (Wildman–Crippen MR) is 118 cm³/mol. The van der Waals surface area contributed by atoms with Crippen LogP contribution in [0.4, 0.5) is 5.82 Å². The number of halogens is 1. The molecule has 0 unspecified atom stereocenters. The van der Waals surface area contributed by atoms with Crippen molar-refractivity contribution in [2.24, 2.45) is 0 Å². The topological polar surface area (TPSA) is 82.3 Å². The number of ether oxygens (including phenoxy) is 1. The van der Waals surface area contributed by atoms with E-state index < -0.39 is 9.84 Å². The van der Waals surface area contributed by atoms with Crippen molar-refractivity contribution in [3.05, 3.63) is 77.3 Å². The van der Waals surface area contributed by atoms with Crippen LogP contribution >= 0.6 is 15.9 Å². The molecule has 1 aromatic heterocycles. The summed E-state index contributed by atoms with van der Waals surface area (Å²) in [5.74, 6) is 0.567. The SMILES string of the molecule is COc1ccc2nc(N)c(S(=O)(=O)c3ccc(Br)cc3)c(-c3ccccc3)c2c1. The summed E-state index contributed by atoms with van der Waals surface area (Å²) < 4.78 is 33.3. The third kappa shape index (κ3) is 3.47. The maximum atomic E-state index is 13.6. The van der Waals surface area contributed by atoms with Gasteiger partial charge in [-0.1, -0.05) is 46.3 Å². The van der Waals surface area contributed by atoms with E-state index in [1.807, 2.05) is 30.3 Å². The Morgan fingerprint density at radius 2 is 1.66 bits per heavy atom. The van der Waals surface area contributed by atoms with Crippen molar-refractivity contribution in [1.29, 1.82) is 0 Å². The molecule has 0 saturated carbocycles. The number of benzene rings is 3. The first-order chi connectivity index (χ1) is 13.9. The van der Waals surface area contributed by atoms with Crippen LogP contribution in [0.2, 0.25) is 0 Å². The zero-order valence-electron chi connectivity index (χ0n) is 15.5. The van der Waals surface area contributed by atoms with Crippen LogP contribution in [0.15, 0.2) is 87.1 Å². The largest absolute Gasteiger partial charge is 0.497 e. The van der Waals surface area contributed by atoms with E-state index in [-0.39, 0.29) is 15.6 Å². The Morgan fingerprint density at radius 1 is 0.966 bits per heavy atom. The molecule has 4 aromatic rings. The number of rotatable bonds is 4. The van der Waals surface area contributed by atoms with E-state index in [2.05, 4.69) is 20.9 Å². The first kappa shape index (κ1) is 19.4. The summed E-state index contributed by atoms with van der Waals surface area (Å²) in [6.07, 6.45) is 0. The molecule has 0 bridgehead atoms. The molecule has 5 nitrogen and oxygen atoms in total. The van der Waals surface area contributed by atoms with Crippen LogP contribution in [0, 0.1) is 0 Å². The smallest absolute Gasteiger partial charge is 0.210 e. The summed E-state index contributed by atoms with van der Waals surface area (Å²) in [7, 11) is -2.36. The number of pyridine rings is 1. The van der Waals surface area contributed by atoms with Gasteiger partial charge < -0.3 is 10.5 Å². The van der Waals surface area contributed by atoms with Crippen LogP contribution in [0.1, 0.15) is 0 Å². The fourth-order valence-electron chi connectivity index (χ4n) is 3.27. The molecule has 3 aromatic carbocycles. The predicted octanol–water partition coefficient (Wildman–Crippen LogP) is 5.09. The summed E-state index contributed by atoms with van der Waals surface area (Å²) >= 11 is 3.34. The minimum atomic E-state index is -3.93. The number of nitrogens with zero attached hydrogens (tertiary/aromatic N) is 1. The van der Waals surface area contributed by atoms with E-state index in [4.69, 9.17) is 10.5 Å². The summed E-state index contributed by atoms with van der Waals surface area (Å²) in [5, 5.41) is 0.653. The molecule has 0 spiro atoms. The standard InChI is InChI=1S/C22H17BrN2O3S/c1-28-16-9-12-19-18(13-16)20(14-5-3-2-4-6-14)21(22(24)25-19)29(26,27)17-10-7-15(23)8-11-17/h2-13H,1H3,(H2,24,25). The number of hydrogen-bond acceptors (Lipinski definition) is 5. The Labute approximate surface area is 177 Å². The minimum Gasteiger partial charge on any atom is -0.497 e. The molecule has 1 heterocycles. The normalized spacial score (nSPS) is 11.5. The second kappa shape index (κ2) is 7.50. The quantitative estimate of drug-likeness (QED) is 0.451. The molecule has 0 aliphatic heterocycles. The monoisotopic (exact) mass is 468 g/mol. The van der Waals surface area contributed by atoms with E-state index in [1.165, 1.54) is 0 Å². The number of fused-ring (bicyclic) bond motifs is 1. The highest BCUT2D eigenvalue weighted by Gasteiger charge is 2.28. The summed E-state index contributed by atoms with van der Waals surface area (Å²) in [5.41, 5.74) is 8.05. The molecular weight excluding hydrogens is 452 g/mol. The summed E-state index contributed by atoms with van der Waals surface area (Å²) in [6.45, 7) is 0. The van der Waals surface area contributed by atoms with Gasteiger partial charge in [-0.05, 0) is 48.0 Å². The Kier molecular flexibility index (Phi) is 5.02.